The van der Waals surface area contributed by atoms with Gasteiger partial charge in [-0.15, -0.1) is 10.2 Å². The molecule has 166 valence electrons. The lowest BCUT2D eigenvalue weighted by atomic mass is 10.0. The van der Waals surface area contributed by atoms with Crippen LogP contribution in [0.25, 0.3) is 17.0 Å². The Morgan fingerprint density at radius 2 is 1.81 bits per heavy atom. The summed E-state index contributed by atoms with van der Waals surface area (Å²) in [6.07, 6.45) is -0.536. The lowest BCUT2D eigenvalue weighted by molar-refractivity contribution is -0.112. The van der Waals surface area contributed by atoms with Gasteiger partial charge in [-0.1, -0.05) is 36.8 Å². The Hall–Kier alpha value is -3.49. The minimum Gasteiger partial charge on any atom is -0.322 e. The van der Waals surface area contributed by atoms with Crippen molar-refractivity contribution in [1.82, 2.24) is 14.8 Å². The molecular weight excluding hydrogens is 424 g/mol. The number of carbonyl (C=O) groups excluding carboxylic acids is 1. The van der Waals surface area contributed by atoms with Gasteiger partial charge in [-0.2, -0.15) is 13.2 Å². The Bertz CT molecular complexity index is 1150. The zero-order valence-electron chi connectivity index (χ0n) is 17.0. The summed E-state index contributed by atoms with van der Waals surface area (Å²) < 4.78 is 56.9. The Labute approximate surface area is 181 Å². The molecule has 1 N–H and O–H groups in total. The number of aromatic nitrogens is 3. The van der Waals surface area contributed by atoms with Crippen LogP contribution in [-0.4, -0.2) is 26.8 Å². The first kappa shape index (κ1) is 21.7. The molecule has 0 unspecified atom stereocenters. The minimum absolute atomic E-state index is 0.124. The average molecular weight is 444 g/mol. The molecule has 0 fully saturated rings. The highest BCUT2D eigenvalue weighted by atomic mass is 19.4. The summed E-state index contributed by atoms with van der Waals surface area (Å²) in [5, 5.41) is 10.7. The highest BCUT2D eigenvalue weighted by Crippen LogP contribution is 2.34. The summed E-state index contributed by atoms with van der Waals surface area (Å²) in [6, 6.07) is 10.9. The molecule has 5 nitrogen and oxygen atoms in total. The Morgan fingerprint density at radius 1 is 1.03 bits per heavy atom. The van der Waals surface area contributed by atoms with Crippen LogP contribution in [0.2, 0.25) is 0 Å². The highest BCUT2D eigenvalue weighted by molar-refractivity contribution is 6.04. The molecule has 0 spiro atoms. The fourth-order valence-corrected chi connectivity index (χ4v) is 3.71. The van der Waals surface area contributed by atoms with Gasteiger partial charge in [-0.25, -0.2) is 4.39 Å². The smallest absolute Gasteiger partial charge is 0.322 e. The summed E-state index contributed by atoms with van der Waals surface area (Å²) in [7, 11) is 0. The molecular formula is C23H20F4N4O. The van der Waals surface area contributed by atoms with Crippen LogP contribution in [0.5, 0.6) is 0 Å². The predicted molar refractivity (Wildman–Crippen MR) is 112 cm³/mol. The van der Waals surface area contributed by atoms with E-state index >= 15 is 0 Å². The van der Waals surface area contributed by atoms with Crippen molar-refractivity contribution in [2.24, 2.45) is 0 Å². The van der Waals surface area contributed by atoms with E-state index in [2.05, 4.69) is 15.5 Å². The molecule has 0 saturated heterocycles. The number of nitrogens with zero attached hydrogens (tertiary/aromatic N) is 3. The molecule has 0 bridgehead atoms. The van der Waals surface area contributed by atoms with Gasteiger partial charge in [0, 0.05) is 24.7 Å². The second kappa shape index (κ2) is 8.94. The topological polar surface area (TPSA) is 59.8 Å². The number of aryl methyl sites for hydroxylation is 1. The van der Waals surface area contributed by atoms with Crippen LogP contribution < -0.4 is 5.32 Å². The maximum Gasteiger partial charge on any atom is 0.417 e. The quantitative estimate of drug-likeness (QED) is 0.433. The third kappa shape index (κ3) is 4.71. The molecule has 4 rings (SSSR count). The van der Waals surface area contributed by atoms with E-state index < -0.39 is 23.5 Å². The fraction of sp³-hybridized carbons (Fsp3) is 0.261. The van der Waals surface area contributed by atoms with Crippen molar-refractivity contribution in [3.05, 3.63) is 71.8 Å². The van der Waals surface area contributed by atoms with Crippen molar-refractivity contribution >= 4 is 17.2 Å². The Balaban J connectivity index is 1.63. The molecule has 2 aromatic carbocycles. The van der Waals surface area contributed by atoms with Crippen molar-refractivity contribution in [2.75, 3.05) is 5.32 Å². The fourth-order valence-electron chi connectivity index (χ4n) is 3.71. The van der Waals surface area contributed by atoms with E-state index in [1.54, 1.807) is 6.07 Å². The zero-order chi connectivity index (χ0) is 22.7. The number of amides is 1. The number of hydrogen-bond donors (Lipinski definition) is 1. The largest absolute Gasteiger partial charge is 0.417 e. The number of carbonyl (C=O) groups is 1. The molecule has 2 heterocycles. The van der Waals surface area contributed by atoms with E-state index in [4.69, 9.17) is 0 Å². The van der Waals surface area contributed by atoms with Gasteiger partial charge in [0.25, 0.3) is 0 Å². The first-order chi connectivity index (χ1) is 15.3. The van der Waals surface area contributed by atoms with Crippen LogP contribution in [0.1, 0.15) is 30.7 Å². The molecule has 32 heavy (non-hydrogen) atoms. The standard InChI is InChI=1S/C23H20F4N4O/c24-19-11-10-16(13-17(19)22-30-29-20-9-5-2-6-12-31(20)22)28-21(32)14-18(23(25,26)27)15-7-3-1-4-8-15/h1,3-4,7-8,10-11,13-14H,2,5-6,9,12H2,(H,28,32)/b18-14-. The second-order valence-electron chi connectivity index (χ2n) is 7.51. The number of allylic oxidation sites excluding steroid dienone is 1. The number of fused-ring (bicyclic) bond motifs is 1. The molecule has 0 aliphatic carbocycles. The summed E-state index contributed by atoms with van der Waals surface area (Å²) in [4.78, 5) is 12.4. The Kier molecular flexibility index (Phi) is 6.07. The van der Waals surface area contributed by atoms with Gasteiger partial charge in [0.05, 0.1) is 11.1 Å². The second-order valence-corrected chi connectivity index (χ2v) is 7.51. The number of anilines is 1. The molecule has 1 amide bonds. The number of nitrogens with one attached hydrogen (secondary N) is 1. The van der Waals surface area contributed by atoms with Gasteiger partial charge in [0.1, 0.15) is 11.6 Å². The van der Waals surface area contributed by atoms with Crippen LogP contribution in [0.4, 0.5) is 23.2 Å². The summed E-state index contributed by atoms with van der Waals surface area (Å²) >= 11 is 0. The van der Waals surface area contributed by atoms with E-state index in [1.807, 2.05) is 4.57 Å². The van der Waals surface area contributed by atoms with Crippen LogP contribution in [0, 0.1) is 5.82 Å². The molecule has 0 saturated carbocycles. The van der Waals surface area contributed by atoms with Gasteiger partial charge in [-0.05, 0) is 36.6 Å². The van der Waals surface area contributed by atoms with Gasteiger partial charge in [0.2, 0.25) is 5.91 Å². The van der Waals surface area contributed by atoms with Crippen molar-refractivity contribution in [1.29, 1.82) is 0 Å². The van der Waals surface area contributed by atoms with Gasteiger partial charge < -0.3 is 9.88 Å². The Morgan fingerprint density at radius 3 is 2.56 bits per heavy atom. The molecule has 3 aromatic rings. The number of alkyl halides is 3. The van der Waals surface area contributed by atoms with Crippen molar-refractivity contribution in [2.45, 2.75) is 38.4 Å². The maximum atomic E-state index is 14.6. The van der Waals surface area contributed by atoms with Crippen LogP contribution >= 0.6 is 0 Å². The highest BCUT2D eigenvalue weighted by Gasteiger charge is 2.35. The SMILES string of the molecule is O=C(/C=C(/c1ccccc1)C(F)(F)F)Nc1ccc(F)c(-c2nnc3n2CCCCC3)c1. The molecule has 1 aromatic heterocycles. The molecule has 0 radical (unpaired) electrons. The molecule has 0 atom stereocenters. The summed E-state index contributed by atoms with van der Waals surface area (Å²) in [5.41, 5.74) is -0.906. The molecule has 1 aliphatic heterocycles. The van der Waals surface area contributed by atoms with E-state index in [9.17, 15) is 22.4 Å². The number of halogens is 4. The number of benzene rings is 2. The monoisotopic (exact) mass is 444 g/mol. The van der Waals surface area contributed by atoms with E-state index in [0.29, 0.717) is 18.4 Å². The number of rotatable bonds is 4. The van der Waals surface area contributed by atoms with Crippen molar-refractivity contribution < 1.29 is 22.4 Å². The first-order valence-corrected chi connectivity index (χ1v) is 10.2. The van der Waals surface area contributed by atoms with Gasteiger partial charge >= 0.3 is 6.18 Å². The van der Waals surface area contributed by atoms with Crippen molar-refractivity contribution in [3.8, 4) is 11.4 Å². The number of hydrogen-bond acceptors (Lipinski definition) is 3. The minimum atomic E-state index is -4.72. The van der Waals surface area contributed by atoms with Gasteiger partial charge in [-0.3, -0.25) is 4.79 Å². The van der Waals surface area contributed by atoms with E-state index in [0.717, 1.165) is 37.6 Å². The van der Waals surface area contributed by atoms with Crippen molar-refractivity contribution in [3.63, 3.8) is 0 Å². The predicted octanol–water partition coefficient (Wildman–Crippen LogP) is 5.40. The zero-order valence-corrected chi connectivity index (χ0v) is 17.0. The first-order valence-electron chi connectivity index (χ1n) is 10.2. The summed E-state index contributed by atoms with van der Waals surface area (Å²) in [6.45, 7) is 0.655. The lowest BCUT2D eigenvalue weighted by Gasteiger charge is -2.13. The van der Waals surface area contributed by atoms with Crippen LogP contribution in [0.3, 0.4) is 0 Å². The third-order valence-corrected chi connectivity index (χ3v) is 5.25. The van der Waals surface area contributed by atoms with Crippen LogP contribution in [0.15, 0.2) is 54.6 Å². The maximum absolute atomic E-state index is 14.6. The van der Waals surface area contributed by atoms with Gasteiger partial charge in [0.15, 0.2) is 5.82 Å². The van der Waals surface area contributed by atoms with Crippen LogP contribution in [-0.2, 0) is 17.8 Å². The molecule has 1 aliphatic rings. The lowest BCUT2D eigenvalue weighted by Crippen LogP contribution is -2.16. The third-order valence-electron chi connectivity index (χ3n) is 5.25. The normalized spacial score (nSPS) is 14.6. The molecule has 9 heteroatoms. The van der Waals surface area contributed by atoms with E-state index in [1.165, 1.54) is 36.4 Å². The summed E-state index contributed by atoms with van der Waals surface area (Å²) in [5.74, 6) is -0.421. The van der Waals surface area contributed by atoms with E-state index in [-0.39, 0.29) is 16.8 Å². The average Bonchev–Trinajstić information content (AvgIpc) is 3.01.